The van der Waals surface area contributed by atoms with E-state index in [1.807, 2.05) is 42.5 Å². The highest BCUT2D eigenvalue weighted by molar-refractivity contribution is 7.22. The minimum atomic E-state index is -0.215. The zero-order valence-corrected chi connectivity index (χ0v) is 16.0. The quantitative estimate of drug-likeness (QED) is 0.491. The Morgan fingerprint density at radius 1 is 1.15 bits per heavy atom. The molecule has 0 spiro atoms. The van der Waals surface area contributed by atoms with Gasteiger partial charge in [-0.05, 0) is 30.5 Å². The predicted octanol–water partition coefficient (Wildman–Crippen LogP) is 5.00. The third-order valence-electron chi connectivity index (χ3n) is 4.38. The van der Waals surface area contributed by atoms with Crippen LogP contribution in [0.3, 0.4) is 0 Å². The number of carbonyl (C=O) groups is 1. The van der Waals surface area contributed by atoms with Gasteiger partial charge in [-0.3, -0.25) is 9.69 Å². The second kappa shape index (κ2) is 7.32. The summed E-state index contributed by atoms with van der Waals surface area (Å²) in [6.45, 7) is 4.31. The maximum Gasteiger partial charge on any atom is 0.282 e. The SMILES string of the molecule is CCc1cccc2sc(N(Cc3ccccc3)C(=O)c3cc(C)on3)nc12. The number of amides is 1. The van der Waals surface area contributed by atoms with Crippen molar-refractivity contribution >= 4 is 32.6 Å². The second-order valence-electron chi connectivity index (χ2n) is 6.31. The highest BCUT2D eigenvalue weighted by atomic mass is 32.1. The Hall–Kier alpha value is -2.99. The number of hydrogen-bond acceptors (Lipinski definition) is 5. The molecule has 4 rings (SSSR count). The summed E-state index contributed by atoms with van der Waals surface area (Å²) in [4.78, 5) is 19.6. The number of thiazole rings is 1. The summed E-state index contributed by atoms with van der Waals surface area (Å²) in [5.74, 6) is 0.392. The fourth-order valence-electron chi connectivity index (χ4n) is 2.99. The van der Waals surface area contributed by atoms with Crippen molar-refractivity contribution in [2.24, 2.45) is 0 Å². The van der Waals surface area contributed by atoms with Gasteiger partial charge in [0.1, 0.15) is 5.76 Å². The third-order valence-corrected chi connectivity index (χ3v) is 5.42. The highest BCUT2D eigenvalue weighted by Gasteiger charge is 2.24. The first kappa shape index (κ1) is 17.4. The van der Waals surface area contributed by atoms with Gasteiger partial charge in [-0.15, -0.1) is 0 Å². The van der Waals surface area contributed by atoms with E-state index in [4.69, 9.17) is 9.51 Å². The minimum Gasteiger partial charge on any atom is -0.361 e. The molecule has 0 fully saturated rings. The highest BCUT2D eigenvalue weighted by Crippen LogP contribution is 2.32. The van der Waals surface area contributed by atoms with Crippen molar-refractivity contribution in [1.29, 1.82) is 0 Å². The summed E-state index contributed by atoms with van der Waals surface area (Å²) in [7, 11) is 0. The minimum absolute atomic E-state index is 0.215. The van der Waals surface area contributed by atoms with Gasteiger partial charge in [0.25, 0.3) is 5.91 Å². The molecule has 6 heteroatoms. The lowest BCUT2D eigenvalue weighted by Crippen LogP contribution is -2.30. The van der Waals surface area contributed by atoms with E-state index in [0.717, 1.165) is 22.2 Å². The van der Waals surface area contributed by atoms with Gasteiger partial charge in [0.2, 0.25) is 0 Å². The number of aryl methyl sites for hydroxylation is 2. The van der Waals surface area contributed by atoms with Gasteiger partial charge in [0.15, 0.2) is 10.8 Å². The predicted molar refractivity (Wildman–Crippen MR) is 107 cm³/mol. The Morgan fingerprint density at radius 3 is 2.67 bits per heavy atom. The molecule has 0 bridgehead atoms. The Kier molecular flexibility index (Phi) is 4.73. The average Bonchev–Trinajstić information content (AvgIpc) is 3.32. The van der Waals surface area contributed by atoms with Crippen LogP contribution in [0.1, 0.15) is 34.3 Å². The first-order chi connectivity index (χ1) is 13.2. The van der Waals surface area contributed by atoms with E-state index < -0.39 is 0 Å². The van der Waals surface area contributed by atoms with Gasteiger partial charge in [0.05, 0.1) is 16.8 Å². The third kappa shape index (κ3) is 3.48. The summed E-state index contributed by atoms with van der Waals surface area (Å²) >= 11 is 1.52. The van der Waals surface area contributed by atoms with Crippen molar-refractivity contribution in [1.82, 2.24) is 10.1 Å². The van der Waals surface area contributed by atoms with Gasteiger partial charge in [-0.25, -0.2) is 4.98 Å². The van der Waals surface area contributed by atoms with Gasteiger partial charge in [0, 0.05) is 6.07 Å². The van der Waals surface area contributed by atoms with E-state index in [9.17, 15) is 4.79 Å². The summed E-state index contributed by atoms with van der Waals surface area (Å²) < 4.78 is 6.18. The van der Waals surface area contributed by atoms with Gasteiger partial charge < -0.3 is 4.52 Å². The molecule has 0 aliphatic heterocycles. The van der Waals surface area contributed by atoms with E-state index in [1.54, 1.807) is 17.9 Å². The largest absolute Gasteiger partial charge is 0.361 e. The molecule has 0 aliphatic carbocycles. The Balaban J connectivity index is 1.78. The molecule has 27 heavy (non-hydrogen) atoms. The van der Waals surface area contributed by atoms with Crippen LogP contribution < -0.4 is 4.90 Å². The maximum atomic E-state index is 13.2. The van der Waals surface area contributed by atoms with Crippen molar-refractivity contribution in [2.45, 2.75) is 26.8 Å². The van der Waals surface area contributed by atoms with Gasteiger partial charge >= 0.3 is 0 Å². The van der Waals surface area contributed by atoms with Crippen molar-refractivity contribution in [3.05, 3.63) is 77.2 Å². The first-order valence-electron chi connectivity index (χ1n) is 8.83. The van der Waals surface area contributed by atoms with Crippen LogP contribution in [0.5, 0.6) is 0 Å². The topological polar surface area (TPSA) is 59.2 Å². The molecule has 0 atom stereocenters. The molecule has 0 unspecified atom stereocenters. The molecule has 0 radical (unpaired) electrons. The fraction of sp³-hybridized carbons (Fsp3) is 0.190. The Labute approximate surface area is 161 Å². The molecule has 2 aromatic carbocycles. The van der Waals surface area contributed by atoms with Crippen molar-refractivity contribution in [3.63, 3.8) is 0 Å². The second-order valence-corrected chi connectivity index (χ2v) is 7.32. The fourth-order valence-corrected chi connectivity index (χ4v) is 4.00. The van der Waals surface area contributed by atoms with Crippen LogP contribution in [0, 0.1) is 6.92 Å². The molecule has 0 N–H and O–H groups in total. The Bertz CT molecular complexity index is 1090. The lowest BCUT2D eigenvalue weighted by molar-refractivity contribution is 0.0976. The summed E-state index contributed by atoms with van der Waals surface area (Å²) in [5, 5.41) is 4.57. The number of hydrogen-bond donors (Lipinski definition) is 0. The standard InChI is InChI=1S/C21H19N3O2S/c1-3-16-10-7-11-18-19(16)22-21(27-18)24(13-15-8-5-4-6-9-15)20(25)17-12-14(2)26-23-17/h4-12H,3,13H2,1-2H3. The molecule has 136 valence electrons. The van der Waals surface area contributed by atoms with Crippen molar-refractivity contribution < 1.29 is 9.32 Å². The van der Waals surface area contributed by atoms with E-state index in [-0.39, 0.29) is 5.91 Å². The molecule has 0 saturated carbocycles. The molecule has 0 aliphatic rings. The van der Waals surface area contributed by atoms with E-state index in [0.29, 0.717) is 23.1 Å². The van der Waals surface area contributed by atoms with E-state index in [1.165, 1.54) is 16.9 Å². The number of anilines is 1. The normalized spacial score (nSPS) is 11.0. The lowest BCUT2D eigenvalue weighted by atomic mass is 10.1. The summed E-state index contributed by atoms with van der Waals surface area (Å²) in [6.07, 6.45) is 0.898. The zero-order chi connectivity index (χ0) is 18.8. The number of carbonyl (C=O) groups excluding carboxylic acids is 1. The number of rotatable bonds is 5. The van der Waals surface area contributed by atoms with Crippen LogP contribution in [-0.2, 0) is 13.0 Å². The monoisotopic (exact) mass is 377 g/mol. The number of benzene rings is 2. The van der Waals surface area contributed by atoms with Crippen LogP contribution in [0.15, 0.2) is 59.1 Å². The number of fused-ring (bicyclic) bond motifs is 1. The molecular weight excluding hydrogens is 358 g/mol. The zero-order valence-electron chi connectivity index (χ0n) is 15.2. The molecular formula is C21H19N3O2S. The van der Waals surface area contributed by atoms with Crippen LogP contribution in [0.25, 0.3) is 10.2 Å². The first-order valence-corrected chi connectivity index (χ1v) is 9.65. The van der Waals surface area contributed by atoms with Crippen molar-refractivity contribution in [2.75, 3.05) is 4.90 Å². The molecule has 5 nitrogen and oxygen atoms in total. The smallest absolute Gasteiger partial charge is 0.282 e. The molecule has 2 heterocycles. The maximum absolute atomic E-state index is 13.2. The van der Waals surface area contributed by atoms with Gasteiger partial charge in [-0.1, -0.05) is 65.9 Å². The van der Waals surface area contributed by atoms with Crippen LogP contribution in [0.4, 0.5) is 5.13 Å². The van der Waals surface area contributed by atoms with Crippen LogP contribution in [-0.4, -0.2) is 16.0 Å². The molecule has 4 aromatic rings. The molecule has 2 aromatic heterocycles. The summed E-state index contributed by atoms with van der Waals surface area (Å²) in [6, 6.07) is 17.7. The number of aromatic nitrogens is 2. The lowest BCUT2D eigenvalue weighted by Gasteiger charge is -2.18. The van der Waals surface area contributed by atoms with Gasteiger partial charge in [-0.2, -0.15) is 0 Å². The van der Waals surface area contributed by atoms with E-state index in [2.05, 4.69) is 18.1 Å². The Morgan fingerprint density at radius 2 is 1.96 bits per heavy atom. The van der Waals surface area contributed by atoms with Crippen LogP contribution in [0.2, 0.25) is 0 Å². The number of nitrogens with zero attached hydrogens (tertiary/aromatic N) is 3. The van der Waals surface area contributed by atoms with E-state index >= 15 is 0 Å². The van der Waals surface area contributed by atoms with Crippen molar-refractivity contribution in [3.8, 4) is 0 Å². The molecule has 0 saturated heterocycles. The average molecular weight is 377 g/mol. The van der Waals surface area contributed by atoms with Crippen LogP contribution >= 0.6 is 11.3 Å². The summed E-state index contributed by atoms with van der Waals surface area (Å²) in [5.41, 5.74) is 3.46. The number of para-hydroxylation sites is 1. The molecule has 1 amide bonds.